The van der Waals surface area contributed by atoms with Gasteiger partial charge in [0, 0.05) is 18.7 Å². The zero-order valence-electron chi connectivity index (χ0n) is 11.2. The van der Waals surface area contributed by atoms with Gasteiger partial charge in [-0.05, 0) is 41.9 Å². The molecule has 0 radical (unpaired) electrons. The van der Waals surface area contributed by atoms with Crippen molar-refractivity contribution in [2.45, 2.75) is 26.8 Å². The van der Waals surface area contributed by atoms with Gasteiger partial charge in [0.05, 0.1) is 11.1 Å². The van der Waals surface area contributed by atoms with Gasteiger partial charge >= 0.3 is 0 Å². The van der Waals surface area contributed by atoms with Crippen LogP contribution in [0.3, 0.4) is 0 Å². The maximum atomic E-state index is 5.79. The van der Waals surface area contributed by atoms with E-state index in [1.54, 1.807) is 0 Å². The smallest absolute Gasteiger partial charge is 0.138 e. The van der Waals surface area contributed by atoms with Crippen molar-refractivity contribution < 1.29 is 9.47 Å². The number of para-hydroxylation sites is 1. The first-order valence-corrected chi connectivity index (χ1v) is 7.27. The molecule has 1 N–H and O–H groups in total. The zero-order chi connectivity index (χ0) is 13.2. The highest BCUT2D eigenvalue weighted by atomic mass is 79.9. The van der Waals surface area contributed by atoms with Gasteiger partial charge in [-0.1, -0.05) is 19.1 Å². The number of ether oxygens (including phenoxy) is 2. The minimum Gasteiger partial charge on any atom is -0.490 e. The fourth-order valence-corrected chi connectivity index (χ4v) is 2.12. The SMILES string of the molecule is CCCNCc1cccc(Br)c1OCCOCC. The Morgan fingerprint density at radius 3 is 2.78 bits per heavy atom. The molecule has 0 amide bonds. The van der Waals surface area contributed by atoms with Crippen molar-refractivity contribution in [3.63, 3.8) is 0 Å². The van der Waals surface area contributed by atoms with Crippen molar-refractivity contribution in [2.24, 2.45) is 0 Å². The summed E-state index contributed by atoms with van der Waals surface area (Å²) in [4.78, 5) is 0. The van der Waals surface area contributed by atoms with Gasteiger partial charge in [0.1, 0.15) is 12.4 Å². The van der Waals surface area contributed by atoms with Crippen molar-refractivity contribution in [1.29, 1.82) is 0 Å². The Bertz CT molecular complexity index is 345. The molecule has 0 unspecified atom stereocenters. The lowest BCUT2D eigenvalue weighted by Gasteiger charge is -2.13. The molecule has 0 aliphatic carbocycles. The van der Waals surface area contributed by atoms with E-state index < -0.39 is 0 Å². The van der Waals surface area contributed by atoms with Crippen LogP contribution in [0.25, 0.3) is 0 Å². The minimum atomic E-state index is 0.581. The van der Waals surface area contributed by atoms with Crippen molar-refractivity contribution in [1.82, 2.24) is 5.32 Å². The molecule has 18 heavy (non-hydrogen) atoms. The average molecular weight is 316 g/mol. The Morgan fingerprint density at radius 1 is 1.22 bits per heavy atom. The van der Waals surface area contributed by atoms with Crippen molar-refractivity contribution in [3.8, 4) is 5.75 Å². The van der Waals surface area contributed by atoms with Crippen molar-refractivity contribution >= 4 is 15.9 Å². The molecule has 1 aromatic carbocycles. The molecule has 0 aliphatic heterocycles. The summed E-state index contributed by atoms with van der Waals surface area (Å²) in [5.41, 5.74) is 1.18. The summed E-state index contributed by atoms with van der Waals surface area (Å²) in [7, 11) is 0. The normalized spacial score (nSPS) is 10.6. The lowest BCUT2D eigenvalue weighted by molar-refractivity contribution is 0.109. The molecule has 0 atom stereocenters. The number of hydrogen-bond acceptors (Lipinski definition) is 3. The van der Waals surface area contributed by atoms with Crippen LogP contribution in [0.15, 0.2) is 22.7 Å². The molecule has 4 heteroatoms. The summed E-state index contributed by atoms with van der Waals surface area (Å²) in [5, 5.41) is 3.39. The molecule has 0 saturated heterocycles. The van der Waals surface area contributed by atoms with Gasteiger partial charge in [-0.2, -0.15) is 0 Å². The summed E-state index contributed by atoms with van der Waals surface area (Å²) in [5.74, 6) is 0.917. The van der Waals surface area contributed by atoms with E-state index in [1.165, 1.54) is 5.56 Å². The van der Waals surface area contributed by atoms with Crippen LogP contribution < -0.4 is 10.1 Å². The van der Waals surface area contributed by atoms with E-state index in [4.69, 9.17) is 9.47 Å². The van der Waals surface area contributed by atoms with Gasteiger partial charge in [-0.25, -0.2) is 0 Å². The van der Waals surface area contributed by atoms with E-state index >= 15 is 0 Å². The largest absolute Gasteiger partial charge is 0.490 e. The molecule has 102 valence electrons. The zero-order valence-corrected chi connectivity index (χ0v) is 12.8. The van der Waals surface area contributed by atoms with Crippen LogP contribution in [0.1, 0.15) is 25.8 Å². The molecule has 0 aromatic heterocycles. The summed E-state index contributed by atoms with van der Waals surface area (Å²) in [6.45, 7) is 7.93. The summed E-state index contributed by atoms with van der Waals surface area (Å²) in [6.07, 6.45) is 1.13. The van der Waals surface area contributed by atoms with Crippen LogP contribution in [0.4, 0.5) is 0 Å². The second-order valence-corrected chi connectivity index (χ2v) is 4.80. The third-order valence-electron chi connectivity index (χ3n) is 2.47. The lowest BCUT2D eigenvalue weighted by Crippen LogP contribution is -2.15. The maximum Gasteiger partial charge on any atom is 0.138 e. The topological polar surface area (TPSA) is 30.5 Å². The monoisotopic (exact) mass is 315 g/mol. The molecular weight excluding hydrogens is 294 g/mol. The van der Waals surface area contributed by atoms with Gasteiger partial charge in [0.15, 0.2) is 0 Å². The standard InChI is InChI=1S/C14H22BrNO2/c1-3-8-16-11-12-6-5-7-13(15)14(12)18-10-9-17-4-2/h5-7,16H,3-4,8-11H2,1-2H3. The summed E-state index contributed by atoms with van der Waals surface area (Å²) in [6, 6.07) is 6.12. The van der Waals surface area contributed by atoms with Crippen LogP contribution in [-0.2, 0) is 11.3 Å². The van der Waals surface area contributed by atoms with E-state index in [9.17, 15) is 0 Å². The Morgan fingerprint density at radius 2 is 2.06 bits per heavy atom. The fraction of sp³-hybridized carbons (Fsp3) is 0.571. The van der Waals surface area contributed by atoms with Gasteiger partial charge in [-0.15, -0.1) is 0 Å². The number of benzene rings is 1. The van der Waals surface area contributed by atoms with Gasteiger partial charge in [0.25, 0.3) is 0 Å². The third-order valence-corrected chi connectivity index (χ3v) is 3.09. The van der Waals surface area contributed by atoms with Crippen LogP contribution in [0.2, 0.25) is 0 Å². The minimum absolute atomic E-state index is 0.581. The quantitative estimate of drug-likeness (QED) is 0.709. The first kappa shape index (κ1) is 15.5. The van der Waals surface area contributed by atoms with Gasteiger partial charge in [-0.3, -0.25) is 0 Å². The van der Waals surface area contributed by atoms with Crippen LogP contribution in [-0.4, -0.2) is 26.4 Å². The number of rotatable bonds is 9. The molecular formula is C14H22BrNO2. The molecule has 0 heterocycles. The van der Waals surface area contributed by atoms with Crippen LogP contribution >= 0.6 is 15.9 Å². The summed E-state index contributed by atoms with van der Waals surface area (Å²) < 4.78 is 12.1. The van der Waals surface area contributed by atoms with E-state index in [2.05, 4.69) is 34.2 Å². The molecule has 0 aliphatic rings. The number of nitrogens with one attached hydrogen (secondary N) is 1. The number of halogens is 1. The molecule has 0 saturated carbocycles. The molecule has 0 spiro atoms. The first-order valence-electron chi connectivity index (χ1n) is 6.48. The molecule has 1 aromatic rings. The number of hydrogen-bond donors (Lipinski definition) is 1. The van der Waals surface area contributed by atoms with Crippen molar-refractivity contribution in [3.05, 3.63) is 28.2 Å². The Balaban J connectivity index is 2.56. The average Bonchev–Trinajstić information content (AvgIpc) is 2.37. The second-order valence-electron chi connectivity index (χ2n) is 3.95. The molecule has 1 rings (SSSR count). The van der Waals surface area contributed by atoms with Crippen molar-refractivity contribution in [2.75, 3.05) is 26.4 Å². The van der Waals surface area contributed by atoms with E-state index in [-0.39, 0.29) is 0 Å². The predicted octanol–water partition coefficient (Wildman–Crippen LogP) is 3.36. The highest BCUT2D eigenvalue weighted by Gasteiger charge is 2.07. The molecule has 0 fully saturated rings. The maximum absolute atomic E-state index is 5.79. The first-order chi connectivity index (χ1) is 8.79. The molecule has 3 nitrogen and oxygen atoms in total. The second kappa shape index (κ2) is 9.36. The third kappa shape index (κ3) is 5.38. The highest BCUT2D eigenvalue weighted by molar-refractivity contribution is 9.10. The van der Waals surface area contributed by atoms with E-state index in [0.29, 0.717) is 13.2 Å². The van der Waals surface area contributed by atoms with E-state index in [0.717, 1.165) is 36.3 Å². The van der Waals surface area contributed by atoms with Gasteiger partial charge in [0.2, 0.25) is 0 Å². The molecule has 0 bridgehead atoms. The van der Waals surface area contributed by atoms with E-state index in [1.807, 2.05) is 19.1 Å². The Hall–Kier alpha value is -0.580. The predicted molar refractivity (Wildman–Crippen MR) is 78.1 cm³/mol. The van der Waals surface area contributed by atoms with Crippen LogP contribution in [0, 0.1) is 0 Å². The fourth-order valence-electron chi connectivity index (χ4n) is 1.60. The lowest BCUT2D eigenvalue weighted by atomic mass is 10.2. The Labute approximate surface area is 118 Å². The Kier molecular flexibility index (Phi) is 8.05. The van der Waals surface area contributed by atoms with Crippen LogP contribution in [0.5, 0.6) is 5.75 Å². The summed E-state index contributed by atoms with van der Waals surface area (Å²) >= 11 is 3.53. The highest BCUT2D eigenvalue weighted by Crippen LogP contribution is 2.29. The van der Waals surface area contributed by atoms with Gasteiger partial charge < -0.3 is 14.8 Å².